The Hall–Kier alpha value is -3.59. The Kier molecular flexibility index (Phi) is 6.09. The zero-order valence-corrected chi connectivity index (χ0v) is 17.1. The number of hydrogen-bond donors (Lipinski definition) is 0. The molecule has 4 rings (SSSR count). The number of amides is 1. The van der Waals surface area contributed by atoms with Crippen LogP contribution in [0.5, 0.6) is 5.75 Å². The first-order valence-electron chi connectivity index (χ1n) is 10.2. The van der Waals surface area contributed by atoms with Crippen molar-refractivity contribution in [2.75, 3.05) is 11.5 Å². The molecule has 1 amide bonds. The predicted octanol–water partition coefficient (Wildman–Crippen LogP) is 6.01. The van der Waals surface area contributed by atoms with Crippen LogP contribution in [0.4, 0.5) is 5.69 Å². The highest BCUT2D eigenvalue weighted by molar-refractivity contribution is 5.91. The number of hydrogen-bond acceptors (Lipinski definition) is 2. The zero-order chi connectivity index (χ0) is 20.8. The second-order valence-corrected chi connectivity index (χ2v) is 7.37. The van der Waals surface area contributed by atoms with Crippen molar-refractivity contribution in [3.63, 3.8) is 0 Å². The van der Waals surface area contributed by atoms with E-state index in [2.05, 4.69) is 42.5 Å². The lowest BCUT2D eigenvalue weighted by Crippen LogP contribution is -2.27. The Morgan fingerprint density at radius 3 is 2.33 bits per heavy atom. The van der Waals surface area contributed by atoms with Gasteiger partial charge in [-0.2, -0.15) is 0 Å². The highest BCUT2D eigenvalue weighted by Gasteiger charge is 2.12. The van der Waals surface area contributed by atoms with Gasteiger partial charge < -0.3 is 9.64 Å². The number of ether oxygens (including phenoxy) is 1. The van der Waals surface area contributed by atoms with Gasteiger partial charge in [-0.3, -0.25) is 4.79 Å². The van der Waals surface area contributed by atoms with Crippen LogP contribution in [0.15, 0.2) is 97.1 Å². The van der Waals surface area contributed by atoms with Crippen LogP contribution >= 0.6 is 0 Å². The fraction of sp³-hybridized carbons (Fsp3) is 0.148. The number of fused-ring (bicyclic) bond motifs is 1. The van der Waals surface area contributed by atoms with Crippen LogP contribution in [0.3, 0.4) is 0 Å². The maximum atomic E-state index is 12.2. The third-order valence-corrected chi connectivity index (χ3v) is 5.16. The Labute approximate surface area is 177 Å². The van der Waals surface area contributed by atoms with E-state index in [0.29, 0.717) is 13.2 Å². The molecule has 30 heavy (non-hydrogen) atoms. The van der Waals surface area contributed by atoms with Gasteiger partial charge in [-0.15, -0.1) is 0 Å². The number of benzene rings is 4. The highest BCUT2D eigenvalue weighted by atomic mass is 16.5. The minimum atomic E-state index is 0.0174. The first kappa shape index (κ1) is 19.7. The topological polar surface area (TPSA) is 29.5 Å². The fourth-order valence-corrected chi connectivity index (χ4v) is 3.59. The second-order valence-electron chi connectivity index (χ2n) is 7.37. The average Bonchev–Trinajstić information content (AvgIpc) is 2.78. The summed E-state index contributed by atoms with van der Waals surface area (Å²) in [5.41, 5.74) is 3.20. The SMILES string of the molecule is CC(=O)N(Cc1cccc(OCCc2ccc3ccccc3c2)c1)c1ccccc1. The molecule has 0 unspecified atom stereocenters. The van der Waals surface area contributed by atoms with Crippen LogP contribution in [0.25, 0.3) is 10.8 Å². The molecule has 3 heteroatoms. The molecule has 0 radical (unpaired) electrons. The van der Waals surface area contributed by atoms with Crippen LogP contribution in [0, 0.1) is 0 Å². The van der Waals surface area contributed by atoms with Crippen LogP contribution in [-0.2, 0) is 17.8 Å². The number of para-hydroxylation sites is 1. The van der Waals surface area contributed by atoms with Crippen LogP contribution in [-0.4, -0.2) is 12.5 Å². The summed E-state index contributed by atoms with van der Waals surface area (Å²) in [6.07, 6.45) is 0.846. The summed E-state index contributed by atoms with van der Waals surface area (Å²) in [6.45, 7) is 2.72. The maximum Gasteiger partial charge on any atom is 0.224 e. The predicted molar refractivity (Wildman–Crippen MR) is 123 cm³/mol. The number of carbonyl (C=O) groups is 1. The molecule has 0 aliphatic carbocycles. The normalized spacial score (nSPS) is 10.7. The van der Waals surface area contributed by atoms with Gasteiger partial charge in [0.05, 0.1) is 13.2 Å². The van der Waals surface area contributed by atoms with Gasteiger partial charge >= 0.3 is 0 Å². The largest absolute Gasteiger partial charge is 0.493 e. The van der Waals surface area contributed by atoms with Gasteiger partial charge in [0.1, 0.15) is 5.75 Å². The van der Waals surface area contributed by atoms with Crippen LogP contribution in [0.2, 0.25) is 0 Å². The smallest absolute Gasteiger partial charge is 0.224 e. The number of nitrogens with zero attached hydrogens (tertiary/aromatic N) is 1. The Morgan fingerprint density at radius 1 is 0.767 bits per heavy atom. The Bertz CT molecular complexity index is 1140. The monoisotopic (exact) mass is 395 g/mol. The van der Waals surface area contributed by atoms with E-state index in [9.17, 15) is 4.79 Å². The molecule has 0 bridgehead atoms. The standard InChI is InChI=1S/C27H25NO2/c1-21(29)28(26-11-3-2-4-12-26)20-23-8-7-13-27(19-23)30-17-16-22-14-15-24-9-5-6-10-25(24)18-22/h2-15,18-19H,16-17,20H2,1H3. The molecule has 0 saturated heterocycles. The van der Waals surface area contributed by atoms with E-state index in [-0.39, 0.29) is 5.91 Å². The van der Waals surface area contributed by atoms with Crippen LogP contribution < -0.4 is 9.64 Å². The van der Waals surface area contributed by atoms with Gasteiger partial charge in [-0.1, -0.05) is 72.8 Å². The molecule has 0 aliphatic heterocycles. The summed E-state index contributed by atoms with van der Waals surface area (Å²) in [5, 5.41) is 2.51. The molecule has 0 spiro atoms. The summed E-state index contributed by atoms with van der Waals surface area (Å²) in [7, 11) is 0. The van der Waals surface area contributed by atoms with Gasteiger partial charge in [0.15, 0.2) is 0 Å². The van der Waals surface area contributed by atoms with E-state index >= 15 is 0 Å². The van der Waals surface area contributed by atoms with E-state index in [1.807, 2.05) is 54.6 Å². The summed E-state index contributed by atoms with van der Waals surface area (Å²) in [5.74, 6) is 0.841. The number of anilines is 1. The van der Waals surface area contributed by atoms with Crippen molar-refractivity contribution in [1.82, 2.24) is 0 Å². The molecular formula is C27H25NO2. The van der Waals surface area contributed by atoms with Crippen molar-refractivity contribution in [1.29, 1.82) is 0 Å². The molecule has 150 valence electrons. The summed E-state index contributed by atoms with van der Waals surface area (Å²) in [6, 6.07) is 32.6. The third kappa shape index (κ3) is 4.87. The Balaban J connectivity index is 1.39. The van der Waals surface area contributed by atoms with Gasteiger partial charge in [0.25, 0.3) is 0 Å². The van der Waals surface area contributed by atoms with E-state index in [1.54, 1.807) is 11.8 Å². The second kappa shape index (κ2) is 9.27. The van der Waals surface area contributed by atoms with Gasteiger partial charge in [0, 0.05) is 19.0 Å². The van der Waals surface area contributed by atoms with Crippen LogP contribution in [0.1, 0.15) is 18.1 Å². The fourth-order valence-electron chi connectivity index (χ4n) is 3.59. The average molecular weight is 396 g/mol. The van der Waals surface area contributed by atoms with E-state index < -0.39 is 0 Å². The van der Waals surface area contributed by atoms with Gasteiger partial charge in [-0.05, 0) is 46.2 Å². The maximum absolute atomic E-state index is 12.2. The molecule has 4 aromatic carbocycles. The highest BCUT2D eigenvalue weighted by Crippen LogP contribution is 2.21. The lowest BCUT2D eigenvalue weighted by molar-refractivity contribution is -0.116. The van der Waals surface area contributed by atoms with E-state index in [4.69, 9.17) is 4.74 Å². The van der Waals surface area contributed by atoms with Crippen molar-refractivity contribution in [3.05, 3.63) is 108 Å². The van der Waals surface area contributed by atoms with Crippen molar-refractivity contribution < 1.29 is 9.53 Å². The van der Waals surface area contributed by atoms with Gasteiger partial charge in [-0.25, -0.2) is 0 Å². The number of carbonyl (C=O) groups excluding carboxylic acids is 1. The van der Waals surface area contributed by atoms with Crippen molar-refractivity contribution in [2.24, 2.45) is 0 Å². The quantitative estimate of drug-likeness (QED) is 0.383. The molecule has 0 N–H and O–H groups in total. The molecule has 3 nitrogen and oxygen atoms in total. The molecule has 0 aliphatic rings. The molecule has 0 heterocycles. The molecule has 0 fully saturated rings. The lowest BCUT2D eigenvalue weighted by atomic mass is 10.1. The lowest BCUT2D eigenvalue weighted by Gasteiger charge is -2.21. The van der Waals surface area contributed by atoms with E-state index in [0.717, 1.165) is 23.4 Å². The van der Waals surface area contributed by atoms with Crippen molar-refractivity contribution >= 4 is 22.4 Å². The number of rotatable bonds is 7. The first-order chi connectivity index (χ1) is 14.7. The Morgan fingerprint density at radius 2 is 1.53 bits per heavy atom. The summed E-state index contributed by atoms with van der Waals surface area (Å²) in [4.78, 5) is 13.9. The molecular weight excluding hydrogens is 370 g/mol. The summed E-state index contributed by atoms with van der Waals surface area (Å²) < 4.78 is 6.01. The van der Waals surface area contributed by atoms with Crippen molar-refractivity contribution in [3.8, 4) is 5.75 Å². The van der Waals surface area contributed by atoms with Crippen molar-refractivity contribution in [2.45, 2.75) is 19.9 Å². The third-order valence-electron chi connectivity index (χ3n) is 5.16. The molecule has 0 aromatic heterocycles. The van der Waals surface area contributed by atoms with E-state index in [1.165, 1.54) is 16.3 Å². The first-order valence-corrected chi connectivity index (χ1v) is 10.2. The summed E-state index contributed by atoms with van der Waals surface area (Å²) >= 11 is 0. The zero-order valence-electron chi connectivity index (χ0n) is 17.1. The molecule has 0 saturated carbocycles. The molecule has 4 aromatic rings. The molecule has 0 atom stereocenters. The minimum absolute atomic E-state index is 0.0174. The van der Waals surface area contributed by atoms with Gasteiger partial charge in [0.2, 0.25) is 5.91 Å². The minimum Gasteiger partial charge on any atom is -0.493 e.